The molecule has 1 N–H and O–H groups in total. The Morgan fingerprint density at radius 3 is 2.30 bits per heavy atom. The van der Waals surface area contributed by atoms with Crippen molar-refractivity contribution in [3.05, 3.63) is 47.3 Å². The first-order chi connectivity index (χ1) is 17.7. The van der Waals surface area contributed by atoms with Crippen molar-refractivity contribution in [1.82, 2.24) is 24.7 Å². The molecule has 1 aliphatic carbocycles. The second-order valence-corrected chi connectivity index (χ2v) is 10.9. The van der Waals surface area contributed by atoms with Crippen molar-refractivity contribution in [3.63, 3.8) is 0 Å². The number of nitrogens with zero attached hydrogens (tertiary/aromatic N) is 6. The molecule has 1 fully saturated rings. The quantitative estimate of drug-likeness (QED) is 0.400. The Labute approximate surface area is 219 Å². The lowest BCUT2D eigenvalue weighted by Gasteiger charge is -2.31. The molecule has 2 heterocycles. The zero-order chi connectivity index (χ0) is 26.7. The van der Waals surface area contributed by atoms with E-state index >= 15 is 0 Å². The van der Waals surface area contributed by atoms with Crippen LogP contribution in [0.4, 0.5) is 5.95 Å². The Balaban J connectivity index is 1.79. The standard InChI is InChI=1S/C23H26ClN7O5S/c1-13(20(36-4)21-26-11-15(24)12-27-21)37(32,33)30-23-29-28-22(16-9-8-14(16)10-25)31(23)19-17(34-2)6-5-7-18(19)35-3/h5-7,11-14,16,20H,8-9H2,1-4H3,(H,29,30)/t13?,14-,16-,20?/m0/s1. The van der Waals surface area contributed by atoms with E-state index in [1.54, 1.807) is 18.2 Å². The molecule has 14 heteroatoms. The lowest BCUT2D eigenvalue weighted by atomic mass is 9.74. The van der Waals surface area contributed by atoms with Crippen molar-refractivity contribution in [2.45, 2.75) is 37.0 Å². The number of methoxy groups -OCH3 is 3. The largest absolute Gasteiger partial charge is 0.494 e. The van der Waals surface area contributed by atoms with Crippen molar-refractivity contribution < 1.29 is 22.6 Å². The van der Waals surface area contributed by atoms with Crippen molar-refractivity contribution >= 4 is 27.6 Å². The maximum absolute atomic E-state index is 13.5. The minimum absolute atomic E-state index is 0.0832. The summed E-state index contributed by atoms with van der Waals surface area (Å²) in [7, 11) is 0.220. The van der Waals surface area contributed by atoms with E-state index in [0.29, 0.717) is 40.9 Å². The zero-order valence-electron chi connectivity index (χ0n) is 20.6. The van der Waals surface area contributed by atoms with Crippen molar-refractivity contribution in [2.24, 2.45) is 5.92 Å². The highest BCUT2D eigenvalue weighted by Gasteiger charge is 2.39. The number of benzene rings is 1. The molecule has 12 nitrogen and oxygen atoms in total. The number of ether oxygens (including phenoxy) is 3. The molecule has 1 aromatic carbocycles. The molecule has 37 heavy (non-hydrogen) atoms. The second-order valence-electron chi connectivity index (χ2n) is 8.42. The molecule has 2 aromatic heterocycles. The monoisotopic (exact) mass is 547 g/mol. The van der Waals surface area contributed by atoms with Gasteiger partial charge in [0, 0.05) is 25.4 Å². The smallest absolute Gasteiger partial charge is 0.243 e. The number of nitriles is 1. The van der Waals surface area contributed by atoms with Gasteiger partial charge in [-0.25, -0.2) is 18.4 Å². The third kappa shape index (κ3) is 5.04. The van der Waals surface area contributed by atoms with Crippen molar-refractivity contribution in [3.8, 4) is 23.3 Å². The minimum Gasteiger partial charge on any atom is -0.494 e. The van der Waals surface area contributed by atoms with Crippen molar-refractivity contribution in [1.29, 1.82) is 5.26 Å². The average Bonchev–Trinajstić information content (AvgIpc) is 3.25. The summed E-state index contributed by atoms with van der Waals surface area (Å²) >= 11 is 5.87. The molecule has 0 saturated heterocycles. The maximum atomic E-state index is 13.5. The van der Waals surface area contributed by atoms with Gasteiger partial charge in [-0.15, -0.1) is 10.2 Å². The summed E-state index contributed by atoms with van der Waals surface area (Å²) in [6.07, 6.45) is 3.15. The SMILES string of the molecule is COc1cccc(OC)c1-n1c(NS(=O)(=O)C(C)C(OC)c2ncc(Cl)cn2)nnc1[C@H]1CC[C@H]1C#N. The topological polar surface area (TPSA) is 154 Å². The average molecular weight is 548 g/mol. The first-order valence-electron chi connectivity index (χ1n) is 11.3. The van der Waals surface area contributed by atoms with Crippen LogP contribution in [0.15, 0.2) is 30.6 Å². The summed E-state index contributed by atoms with van der Waals surface area (Å²) < 4.78 is 47.7. The number of halogens is 1. The van der Waals surface area contributed by atoms with Gasteiger partial charge in [0.15, 0.2) is 5.82 Å². The first kappa shape index (κ1) is 26.6. The van der Waals surface area contributed by atoms with E-state index in [1.807, 2.05) is 0 Å². The molecule has 3 aromatic rings. The van der Waals surface area contributed by atoms with E-state index in [2.05, 4.69) is 31.0 Å². The van der Waals surface area contributed by atoms with Crippen molar-refractivity contribution in [2.75, 3.05) is 26.1 Å². The van der Waals surface area contributed by atoms with Crippen LogP contribution < -0.4 is 14.2 Å². The Morgan fingerprint density at radius 1 is 1.14 bits per heavy atom. The summed E-state index contributed by atoms with van der Waals surface area (Å²) in [5, 5.41) is 17.2. The van der Waals surface area contributed by atoms with Gasteiger partial charge in [0.2, 0.25) is 16.0 Å². The van der Waals surface area contributed by atoms with E-state index in [1.165, 1.54) is 45.2 Å². The van der Waals surface area contributed by atoms with Gasteiger partial charge in [-0.05, 0) is 31.9 Å². The van der Waals surface area contributed by atoms with Gasteiger partial charge in [0.1, 0.15) is 34.4 Å². The van der Waals surface area contributed by atoms with Crippen LogP contribution in [0.25, 0.3) is 5.69 Å². The summed E-state index contributed by atoms with van der Waals surface area (Å²) in [6, 6.07) is 7.45. The first-order valence-corrected chi connectivity index (χ1v) is 13.3. The highest BCUT2D eigenvalue weighted by Crippen LogP contribution is 2.45. The van der Waals surface area contributed by atoms with E-state index in [9.17, 15) is 13.7 Å². The van der Waals surface area contributed by atoms with Gasteiger partial charge in [-0.1, -0.05) is 17.7 Å². The highest BCUT2D eigenvalue weighted by molar-refractivity contribution is 7.93. The third-order valence-corrected chi connectivity index (χ3v) is 8.27. The molecule has 0 radical (unpaired) electrons. The fourth-order valence-electron chi connectivity index (χ4n) is 4.20. The van der Waals surface area contributed by atoms with Crippen LogP contribution in [0, 0.1) is 17.2 Å². The molecular weight excluding hydrogens is 522 g/mol. The predicted octanol–water partition coefficient (Wildman–Crippen LogP) is 3.26. The molecular formula is C23H26ClN7O5S. The number of nitrogens with one attached hydrogen (secondary N) is 1. The lowest BCUT2D eigenvalue weighted by molar-refractivity contribution is 0.0950. The van der Waals surface area contributed by atoms with E-state index in [-0.39, 0.29) is 23.6 Å². The molecule has 196 valence electrons. The normalized spacial score (nSPS) is 18.8. The summed E-state index contributed by atoms with van der Waals surface area (Å²) in [5.74, 6) is 0.807. The Morgan fingerprint density at radius 2 is 1.78 bits per heavy atom. The number of anilines is 1. The highest BCUT2D eigenvalue weighted by atomic mass is 35.5. The van der Waals surface area contributed by atoms with Crippen LogP contribution in [-0.4, -0.2) is 59.7 Å². The Bertz CT molecular complexity index is 1390. The van der Waals surface area contributed by atoms with Crippen LogP contribution in [0.3, 0.4) is 0 Å². The molecule has 4 atom stereocenters. The number of sulfonamides is 1. The summed E-state index contributed by atoms with van der Waals surface area (Å²) in [5.41, 5.74) is 0.408. The van der Waals surface area contributed by atoms with Gasteiger partial charge >= 0.3 is 0 Å². The van der Waals surface area contributed by atoms with E-state index in [4.69, 9.17) is 25.8 Å². The number of hydrogen-bond acceptors (Lipinski definition) is 10. The fourth-order valence-corrected chi connectivity index (χ4v) is 5.43. The second kappa shape index (κ2) is 10.9. The number of para-hydroxylation sites is 1. The summed E-state index contributed by atoms with van der Waals surface area (Å²) in [6.45, 7) is 1.47. The Hall–Kier alpha value is -3.47. The van der Waals surface area contributed by atoms with Gasteiger partial charge in [0.25, 0.3) is 0 Å². The fraction of sp³-hybridized carbons (Fsp3) is 0.435. The lowest BCUT2D eigenvalue weighted by Crippen LogP contribution is -2.33. The minimum atomic E-state index is -4.13. The van der Waals surface area contributed by atoms with Gasteiger partial charge in [0.05, 0.1) is 31.2 Å². The van der Waals surface area contributed by atoms with Crippen LogP contribution in [-0.2, 0) is 14.8 Å². The molecule has 0 amide bonds. The molecule has 4 rings (SSSR count). The van der Waals surface area contributed by atoms with Crippen LogP contribution >= 0.6 is 11.6 Å². The van der Waals surface area contributed by atoms with Gasteiger partial charge in [-0.2, -0.15) is 5.26 Å². The predicted molar refractivity (Wildman–Crippen MR) is 134 cm³/mol. The summed E-state index contributed by atoms with van der Waals surface area (Å²) in [4.78, 5) is 8.22. The number of hydrogen-bond donors (Lipinski definition) is 1. The molecule has 2 unspecified atom stereocenters. The van der Waals surface area contributed by atoms with Gasteiger partial charge in [-0.3, -0.25) is 9.29 Å². The van der Waals surface area contributed by atoms with E-state index in [0.717, 1.165) is 0 Å². The van der Waals surface area contributed by atoms with Crippen LogP contribution in [0.1, 0.15) is 43.4 Å². The molecule has 0 aliphatic heterocycles. The van der Waals surface area contributed by atoms with Gasteiger partial charge < -0.3 is 14.2 Å². The molecule has 0 spiro atoms. The van der Waals surface area contributed by atoms with Crippen LogP contribution in [0.2, 0.25) is 5.02 Å². The maximum Gasteiger partial charge on any atom is 0.243 e. The number of rotatable bonds is 10. The third-order valence-electron chi connectivity index (χ3n) is 6.38. The molecule has 0 bridgehead atoms. The number of aromatic nitrogens is 5. The molecule has 1 aliphatic rings. The Kier molecular flexibility index (Phi) is 7.82. The zero-order valence-corrected chi connectivity index (χ0v) is 22.2. The van der Waals surface area contributed by atoms with E-state index < -0.39 is 21.4 Å². The molecule has 1 saturated carbocycles. The van der Waals surface area contributed by atoms with Crippen LogP contribution in [0.5, 0.6) is 11.5 Å².